The van der Waals surface area contributed by atoms with E-state index >= 15 is 0 Å². The Morgan fingerprint density at radius 1 is 1.37 bits per heavy atom. The molecule has 0 saturated heterocycles. The quantitative estimate of drug-likeness (QED) is 0.881. The molecule has 1 fully saturated rings. The number of carbonyl (C=O) groups is 1. The Morgan fingerprint density at radius 2 is 2.21 bits per heavy atom. The van der Waals surface area contributed by atoms with Gasteiger partial charge >= 0.3 is 0 Å². The van der Waals surface area contributed by atoms with Crippen molar-refractivity contribution in [2.45, 2.75) is 38.5 Å². The van der Waals surface area contributed by atoms with Gasteiger partial charge in [0.2, 0.25) is 5.91 Å². The number of aromatic nitrogens is 2. The molecule has 3 rings (SSSR count). The first-order chi connectivity index (χ1) is 9.31. The van der Waals surface area contributed by atoms with Crippen molar-refractivity contribution in [3.8, 4) is 0 Å². The highest BCUT2D eigenvalue weighted by Crippen LogP contribution is 2.28. The predicted octanol–water partition coefficient (Wildman–Crippen LogP) is 3.47. The predicted molar refractivity (Wildman–Crippen MR) is 75.9 cm³/mol. The van der Waals surface area contributed by atoms with E-state index in [1.54, 1.807) is 6.33 Å². The van der Waals surface area contributed by atoms with Gasteiger partial charge in [-0.05, 0) is 30.5 Å². The van der Waals surface area contributed by atoms with Crippen LogP contribution in [0.15, 0.2) is 24.5 Å². The van der Waals surface area contributed by atoms with E-state index < -0.39 is 0 Å². The lowest BCUT2D eigenvalue weighted by Crippen LogP contribution is -2.12. The molecule has 1 heterocycles. The Balaban J connectivity index is 1.55. The largest absolute Gasteiger partial charge is 0.345 e. The van der Waals surface area contributed by atoms with Gasteiger partial charge in [-0.2, -0.15) is 0 Å². The molecule has 1 aromatic heterocycles. The van der Waals surface area contributed by atoms with Crippen LogP contribution in [0.1, 0.15) is 38.5 Å². The maximum Gasteiger partial charge on any atom is 0.224 e. The van der Waals surface area contributed by atoms with Crippen LogP contribution in [-0.4, -0.2) is 15.9 Å². The maximum atomic E-state index is 11.9. The number of nitrogens with zero attached hydrogens (tertiary/aromatic N) is 1. The van der Waals surface area contributed by atoms with Crippen LogP contribution in [0.25, 0.3) is 11.0 Å². The molecule has 4 heteroatoms. The lowest BCUT2D eigenvalue weighted by molar-refractivity contribution is -0.116. The van der Waals surface area contributed by atoms with Crippen LogP contribution >= 0.6 is 0 Å². The molecule has 1 aliphatic carbocycles. The van der Waals surface area contributed by atoms with Gasteiger partial charge in [0.25, 0.3) is 0 Å². The van der Waals surface area contributed by atoms with E-state index in [0.29, 0.717) is 6.42 Å². The Hall–Kier alpha value is -1.84. The average molecular weight is 257 g/mol. The second-order valence-corrected chi connectivity index (χ2v) is 5.37. The molecule has 1 saturated carbocycles. The molecular formula is C15H19N3O. The van der Waals surface area contributed by atoms with Crippen LogP contribution < -0.4 is 5.32 Å². The van der Waals surface area contributed by atoms with Crippen molar-refractivity contribution in [3.05, 3.63) is 24.5 Å². The summed E-state index contributed by atoms with van der Waals surface area (Å²) in [6, 6.07) is 5.74. The van der Waals surface area contributed by atoms with Crippen LogP contribution in [-0.2, 0) is 4.79 Å². The molecule has 1 amide bonds. The minimum atomic E-state index is 0.116. The van der Waals surface area contributed by atoms with Crippen molar-refractivity contribution in [3.63, 3.8) is 0 Å². The number of carbonyl (C=O) groups excluding carboxylic acids is 1. The highest BCUT2D eigenvalue weighted by molar-refractivity contribution is 5.92. The highest BCUT2D eigenvalue weighted by Gasteiger charge is 2.16. The smallest absolute Gasteiger partial charge is 0.224 e. The molecule has 0 bridgehead atoms. The van der Waals surface area contributed by atoms with Gasteiger partial charge in [0.05, 0.1) is 17.4 Å². The van der Waals surface area contributed by atoms with Crippen molar-refractivity contribution in [2.75, 3.05) is 5.32 Å². The van der Waals surface area contributed by atoms with Crippen molar-refractivity contribution < 1.29 is 4.79 Å². The molecule has 0 atom stereocenters. The zero-order valence-electron chi connectivity index (χ0n) is 11.0. The molecule has 2 N–H and O–H groups in total. The number of nitrogens with one attached hydrogen (secondary N) is 2. The van der Waals surface area contributed by atoms with E-state index in [0.717, 1.165) is 29.1 Å². The molecule has 0 radical (unpaired) electrons. The van der Waals surface area contributed by atoms with E-state index in [9.17, 15) is 4.79 Å². The fourth-order valence-corrected chi connectivity index (χ4v) is 2.87. The minimum absolute atomic E-state index is 0.116. The Bertz CT molecular complexity index is 570. The molecule has 1 aliphatic rings. The van der Waals surface area contributed by atoms with Gasteiger partial charge in [-0.25, -0.2) is 4.98 Å². The van der Waals surface area contributed by atoms with Crippen molar-refractivity contribution in [2.24, 2.45) is 5.92 Å². The third-order valence-electron chi connectivity index (χ3n) is 3.96. The zero-order chi connectivity index (χ0) is 13.1. The Kier molecular flexibility index (Phi) is 3.49. The van der Waals surface area contributed by atoms with E-state index in [-0.39, 0.29) is 5.91 Å². The number of imidazole rings is 1. The second-order valence-electron chi connectivity index (χ2n) is 5.37. The summed E-state index contributed by atoms with van der Waals surface area (Å²) in [6.45, 7) is 0. The number of anilines is 1. The number of hydrogen-bond acceptors (Lipinski definition) is 2. The first-order valence-corrected chi connectivity index (χ1v) is 7.04. The van der Waals surface area contributed by atoms with Crippen LogP contribution in [0.5, 0.6) is 0 Å². The Labute approximate surface area is 112 Å². The third-order valence-corrected chi connectivity index (χ3v) is 3.96. The number of fused-ring (bicyclic) bond motifs is 1. The zero-order valence-corrected chi connectivity index (χ0v) is 11.0. The summed E-state index contributed by atoms with van der Waals surface area (Å²) in [4.78, 5) is 19.1. The van der Waals surface area contributed by atoms with Crippen molar-refractivity contribution in [1.82, 2.24) is 9.97 Å². The number of aromatic amines is 1. The van der Waals surface area contributed by atoms with Crippen LogP contribution in [0.3, 0.4) is 0 Å². The molecule has 19 heavy (non-hydrogen) atoms. The number of amides is 1. The molecule has 4 nitrogen and oxygen atoms in total. The minimum Gasteiger partial charge on any atom is -0.345 e. The average Bonchev–Trinajstić information content (AvgIpc) is 3.07. The van der Waals surface area contributed by atoms with Crippen molar-refractivity contribution >= 4 is 22.6 Å². The lowest BCUT2D eigenvalue weighted by Gasteiger charge is -2.09. The van der Waals surface area contributed by atoms with E-state index in [4.69, 9.17) is 0 Å². The van der Waals surface area contributed by atoms with Gasteiger partial charge in [-0.1, -0.05) is 25.7 Å². The summed E-state index contributed by atoms with van der Waals surface area (Å²) >= 11 is 0. The van der Waals surface area contributed by atoms with Gasteiger partial charge < -0.3 is 10.3 Å². The van der Waals surface area contributed by atoms with Crippen LogP contribution in [0.2, 0.25) is 0 Å². The maximum absolute atomic E-state index is 11.9. The molecule has 0 unspecified atom stereocenters. The van der Waals surface area contributed by atoms with Gasteiger partial charge in [0, 0.05) is 12.1 Å². The molecular weight excluding hydrogens is 238 g/mol. The Morgan fingerprint density at radius 3 is 3.05 bits per heavy atom. The summed E-state index contributed by atoms with van der Waals surface area (Å²) < 4.78 is 0. The number of rotatable bonds is 4. The van der Waals surface area contributed by atoms with E-state index in [2.05, 4.69) is 15.3 Å². The molecule has 2 aromatic rings. The van der Waals surface area contributed by atoms with Crippen LogP contribution in [0.4, 0.5) is 5.69 Å². The highest BCUT2D eigenvalue weighted by atomic mass is 16.1. The fourth-order valence-electron chi connectivity index (χ4n) is 2.87. The fraction of sp³-hybridized carbons (Fsp3) is 0.467. The first kappa shape index (κ1) is 12.2. The molecule has 1 aromatic carbocycles. The van der Waals surface area contributed by atoms with Crippen molar-refractivity contribution in [1.29, 1.82) is 0 Å². The summed E-state index contributed by atoms with van der Waals surface area (Å²) in [5.74, 6) is 0.881. The van der Waals surface area contributed by atoms with E-state index in [1.807, 2.05) is 18.2 Å². The summed E-state index contributed by atoms with van der Waals surface area (Å²) in [6.07, 6.45) is 8.59. The number of benzene rings is 1. The normalized spacial score (nSPS) is 16.0. The number of hydrogen-bond donors (Lipinski definition) is 2. The van der Waals surface area contributed by atoms with Gasteiger partial charge in [-0.3, -0.25) is 4.79 Å². The first-order valence-electron chi connectivity index (χ1n) is 7.04. The SMILES string of the molecule is O=C(CCC1CCCC1)Nc1ccc2nc[nH]c2c1. The van der Waals surface area contributed by atoms with Crippen LogP contribution in [0, 0.1) is 5.92 Å². The van der Waals surface area contributed by atoms with E-state index in [1.165, 1.54) is 25.7 Å². The second kappa shape index (κ2) is 5.43. The summed E-state index contributed by atoms with van der Waals surface area (Å²) in [5.41, 5.74) is 2.71. The van der Waals surface area contributed by atoms with Gasteiger partial charge in [0.15, 0.2) is 0 Å². The molecule has 0 spiro atoms. The lowest BCUT2D eigenvalue weighted by atomic mass is 10.0. The monoisotopic (exact) mass is 257 g/mol. The van der Waals surface area contributed by atoms with Gasteiger partial charge in [0.1, 0.15) is 0 Å². The topological polar surface area (TPSA) is 57.8 Å². The van der Waals surface area contributed by atoms with Gasteiger partial charge in [-0.15, -0.1) is 0 Å². The number of H-pyrrole nitrogens is 1. The third kappa shape index (κ3) is 2.95. The molecule has 100 valence electrons. The summed E-state index contributed by atoms with van der Waals surface area (Å²) in [7, 11) is 0. The summed E-state index contributed by atoms with van der Waals surface area (Å²) in [5, 5.41) is 2.96. The standard InChI is InChI=1S/C15H19N3O/c19-15(8-5-11-3-1-2-4-11)18-12-6-7-13-14(9-12)17-10-16-13/h6-7,9-11H,1-5,8H2,(H,16,17)(H,18,19). The molecule has 0 aliphatic heterocycles.